The van der Waals surface area contributed by atoms with E-state index in [1.807, 2.05) is 0 Å². The Morgan fingerprint density at radius 3 is 2.18 bits per heavy atom. The van der Waals surface area contributed by atoms with Crippen LogP contribution in [0.15, 0.2) is 23.1 Å². The number of rotatable bonds is 8. The van der Waals surface area contributed by atoms with Gasteiger partial charge in [0.25, 0.3) is 5.69 Å². The van der Waals surface area contributed by atoms with E-state index in [-0.39, 0.29) is 70.5 Å². The zero-order valence-corrected chi connectivity index (χ0v) is 23.0. The number of benzene rings is 1. The number of sulfone groups is 1. The van der Waals surface area contributed by atoms with Gasteiger partial charge in [0.05, 0.1) is 28.2 Å². The largest absolute Gasteiger partial charge is 1.00 e. The molecule has 0 amide bonds. The van der Waals surface area contributed by atoms with Crippen molar-refractivity contribution in [1.82, 2.24) is 5.32 Å². The molecular weight excluding hydrogens is 526 g/mol. The van der Waals surface area contributed by atoms with E-state index >= 15 is 0 Å². The molecule has 4 N–H and O–H groups in total. The van der Waals surface area contributed by atoms with Crippen LogP contribution in [0.4, 0.5) is 5.69 Å². The number of nitro benzene ring substituents is 1. The number of aliphatic carboxylic acids is 1. The first kappa shape index (κ1) is 32.8. The summed E-state index contributed by atoms with van der Waals surface area (Å²) in [5.74, 6) is -4.76. The third kappa shape index (κ3) is 10.6. The van der Waals surface area contributed by atoms with E-state index < -0.39 is 75.7 Å². The summed E-state index contributed by atoms with van der Waals surface area (Å²) in [6, 6.07) is 2.79. The predicted molar refractivity (Wildman–Crippen MR) is 112 cm³/mol. The summed E-state index contributed by atoms with van der Waals surface area (Å²) in [7, 11) is -7.79. The number of hydrogen-bond acceptors (Lipinski definition) is 10. The second-order valence-corrected chi connectivity index (χ2v) is 10.6. The first-order chi connectivity index (χ1) is 15.0. The van der Waals surface area contributed by atoms with Crippen LogP contribution in [0.5, 0.6) is 0 Å². The molecule has 2 rings (SSSR count). The summed E-state index contributed by atoms with van der Waals surface area (Å²) in [5.41, 5.74) is -1.17. The molecule has 1 aromatic carbocycles. The van der Waals surface area contributed by atoms with E-state index in [2.05, 4.69) is 5.32 Å². The quantitative estimate of drug-likeness (QED) is 0.0635. The van der Waals surface area contributed by atoms with Gasteiger partial charge in [-0.1, -0.05) is 0 Å². The van der Waals surface area contributed by atoms with Gasteiger partial charge in [0.15, 0.2) is 27.2 Å². The molecule has 1 aliphatic rings. The Labute approximate surface area is 237 Å². The van der Waals surface area contributed by atoms with E-state index in [0.29, 0.717) is 6.42 Å². The van der Waals surface area contributed by atoms with E-state index in [9.17, 15) is 42.3 Å². The maximum atomic E-state index is 12.4. The van der Waals surface area contributed by atoms with Crippen LogP contribution >= 0.6 is 7.60 Å². The van der Waals surface area contributed by atoms with Crippen molar-refractivity contribution >= 4 is 46.4 Å². The molecule has 14 nitrogen and oxygen atoms in total. The molecular formula is C17H22KN2O12PS. The summed E-state index contributed by atoms with van der Waals surface area (Å²) in [5, 5.41) is 21.2. The van der Waals surface area contributed by atoms with Gasteiger partial charge in [0.1, 0.15) is 5.92 Å². The van der Waals surface area contributed by atoms with Crippen molar-refractivity contribution < 1.29 is 105 Å². The number of Topliss-reactive ketones (excluding diaryl/α,β-unsaturated/α-hetero) is 3. The monoisotopic (exact) mass is 548 g/mol. The van der Waals surface area contributed by atoms with Gasteiger partial charge < -0.3 is 16.3 Å². The molecule has 184 valence electrons. The third-order valence-electron chi connectivity index (χ3n) is 4.21. The number of carboxylic acids is 1. The molecule has 0 aliphatic heterocycles. The van der Waals surface area contributed by atoms with Crippen molar-refractivity contribution in [1.29, 1.82) is 0 Å². The molecule has 17 heteroatoms. The fourth-order valence-electron chi connectivity index (χ4n) is 2.76. The van der Waals surface area contributed by atoms with E-state index in [0.717, 1.165) is 24.5 Å². The number of carboxylic acid groups (broad SMARTS) is 1. The number of ketones is 3. The van der Waals surface area contributed by atoms with Gasteiger partial charge in [-0.3, -0.25) is 39.2 Å². The van der Waals surface area contributed by atoms with E-state index in [1.54, 1.807) is 0 Å². The number of nitro groups is 1. The normalized spacial score (nSPS) is 14.4. The van der Waals surface area contributed by atoms with Crippen LogP contribution in [0.1, 0.15) is 31.0 Å². The number of carbonyl (C=O) groups is 4. The molecule has 0 heterocycles. The van der Waals surface area contributed by atoms with Gasteiger partial charge in [-0.15, -0.1) is 0 Å². The summed E-state index contributed by atoms with van der Waals surface area (Å²) in [6.45, 7) is -0.439. The Morgan fingerprint density at radius 1 is 1.24 bits per heavy atom. The van der Waals surface area contributed by atoms with Crippen molar-refractivity contribution in [2.45, 2.75) is 24.2 Å². The second kappa shape index (κ2) is 13.8. The first-order valence-electron chi connectivity index (χ1n) is 9.10. The average Bonchev–Trinajstić information content (AvgIpc) is 2.65. The van der Waals surface area contributed by atoms with Gasteiger partial charge in [-0.2, -0.15) is 0 Å². The Balaban J connectivity index is 0. The fourth-order valence-corrected chi connectivity index (χ4v) is 3.81. The summed E-state index contributed by atoms with van der Waals surface area (Å²) < 4.78 is 33.0. The standard InChI is InChI=1S/C14H13NO7S.C3H8NO5P.K.H/c1-23(21,22)8-5-6-9(10(7-8)15(19)20)14(18)13-11(16)3-2-4-12(13)17;5-3(6)1-4-2-10(7,8)9;;/h5-7,13H,2-4H2,1H3;4H,1-2H2,(H,5,6)(H2,7,8,9);;/q;;+1;-1. The minimum atomic E-state index is -4.10. The van der Waals surface area contributed by atoms with Crippen LogP contribution in [0.2, 0.25) is 0 Å². The minimum Gasteiger partial charge on any atom is -1.00 e. The molecule has 0 bridgehead atoms. The molecule has 0 aromatic heterocycles. The van der Waals surface area contributed by atoms with Crippen LogP contribution in [0, 0.1) is 16.0 Å². The van der Waals surface area contributed by atoms with Gasteiger partial charge in [-0.05, 0) is 18.6 Å². The SMILES string of the molecule is CS(=O)(=O)c1ccc(C(=O)C2C(=O)CCCC2=O)c([N+](=O)[O-])c1.O=C(O)CNCP(=O)(O)O.[H-].[K+]. The van der Waals surface area contributed by atoms with Crippen molar-refractivity contribution in [2.24, 2.45) is 5.92 Å². The summed E-state index contributed by atoms with van der Waals surface area (Å²) in [4.78, 5) is 72.1. The Kier molecular flexibility index (Phi) is 13.3. The Bertz CT molecular complexity index is 1120. The van der Waals surface area contributed by atoms with Crippen LogP contribution in [-0.2, 0) is 28.8 Å². The molecule has 34 heavy (non-hydrogen) atoms. The third-order valence-corrected chi connectivity index (χ3v) is 5.95. The van der Waals surface area contributed by atoms with Crippen LogP contribution < -0.4 is 56.7 Å². The summed E-state index contributed by atoms with van der Waals surface area (Å²) >= 11 is 0. The first-order valence-corrected chi connectivity index (χ1v) is 12.8. The molecule has 1 aromatic rings. The number of nitrogens with zero attached hydrogens (tertiary/aromatic N) is 1. The van der Waals surface area contributed by atoms with Gasteiger partial charge in [0.2, 0.25) is 0 Å². The van der Waals surface area contributed by atoms with Crippen LogP contribution in [0.25, 0.3) is 0 Å². The zero-order valence-electron chi connectivity index (χ0n) is 19.2. The van der Waals surface area contributed by atoms with Crippen LogP contribution in [-0.4, -0.2) is 70.6 Å². The molecule has 1 fully saturated rings. The number of hydrogen-bond donors (Lipinski definition) is 4. The summed E-state index contributed by atoms with van der Waals surface area (Å²) in [6.07, 6.45) is 0.770. The Morgan fingerprint density at radius 2 is 1.76 bits per heavy atom. The second-order valence-electron chi connectivity index (χ2n) is 6.93. The molecule has 1 saturated carbocycles. The molecule has 0 unspecified atom stereocenters. The molecule has 0 saturated heterocycles. The molecule has 1 aliphatic carbocycles. The average molecular weight is 549 g/mol. The van der Waals surface area contributed by atoms with Crippen molar-refractivity contribution in [3.05, 3.63) is 33.9 Å². The number of carbonyl (C=O) groups excluding carboxylic acids is 3. The van der Waals surface area contributed by atoms with Crippen LogP contribution in [0.3, 0.4) is 0 Å². The van der Waals surface area contributed by atoms with Gasteiger partial charge >= 0.3 is 64.9 Å². The van der Waals surface area contributed by atoms with Gasteiger partial charge in [0, 0.05) is 25.2 Å². The van der Waals surface area contributed by atoms with Crippen molar-refractivity contribution in [3.8, 4) is 0 Å². The zero-order chi connectivity index (χ0) is 25.6. The maximum Gasteiger partial charge on any atom is 1.00 e. The molecule has 0 spiro atoms. The predicted octanol–water partition coefficient (Wildman–Crippen LogP) is -2.97. The molecule has 0 atom stereocenters. The number of nitrogens with one attached hydrogen (secondary N) is 1. The minimum absolute atomic E-state index is 0. The topological polar surface area (TPSA) is 235 Å². The van der Waals surface area contributed by atoms with E-state index in [1.165, 1.54) is 0 Å². The maximum absolute atomic E-state index is 12.4. The van der Waals surface area contributed by atoms with Crippen molar-refractivity contribution in [3.63, 3.8) is 0 Å². The van der Waals surface area contributed by atoms with E-state index in [4.69, 9.17) is 14.9 Å². The Hall–Kier alpha value is -1.20. The fraction of sp³-hybridized carbons (Fsp3) is 0.412. The van der Waals surface area contributed by atoms with Crippen molar-refractivity contribution in [2.75, 3.05) is 19.1 Å². The van der Waals surface area contributed by atoms with Gasteiger partial charge in [-0.25, -0.2) is 8.42 Å². The smallest absolute Gasteiger partial charge is 1.00 e. The molecule has 0 radical (unpaired) electrons.